The summed E-state index contributed by atoms with van der Waals surface area (Å²) in [5.41, 5.74) is 7.40. The maximum absolute atomic E-state index is 11.4. The van der Waals surface area contributed by atoms with E-state index in [1.807, 2.05) is 12.3 Å². The zero-order chi connectivity index (χ0) is 13.8. The lowest BCUT2D eigenvalue weighted by Gasteiger charge is -2.08. The molecule has 100 valence electrons. The van der Waals surface area contributed by atoms with E-state index in [9.17, 15) is 4.79 Å². The fourth-order valence-corrected chi connectivity index (χ4v) is 2.11. The smallest absolute Gasteiger partial charge is 0.356 e. The number of anilines is 2. The monoisotopic (exact) mass is 278 g/mol. The lowest BCUT2D eigenvalue weighted by atomic mass is 10.3. The van der Waals surface area contributed by atoms with Gasteiger partial charge in [-0.05, 0) is 19.1 Å². The Morgan fingerprint density at radius 3 is 2.89 bits per heavy atom. The molecule has 7 heteroatoms. The summed E-state index contributed by atoms with van der Waals surface area (Å²) in [5, 5.41) is 6.02. The highest BCUT2D eigenvalue weighted by Gasteiger charge is 2.10. The zero-order valence-corrected chi connectivity index (χ0v) is 11.5. The first kappa shape index (κ1) is 13.3. The number of aryl methyl sites for hydroxylation is 1. The quantitative estimate of drug-likeness (QED) is 0.829. The van der Waals surface area contributed by atoms with E-state index >= 15 is 0 Å². The summed E-state index contributed by atoms with van der Waals surface area (Å²) in [5.74, 6) is -0.0406. The molecule has 0 saturated carbocycles. The summed E-state index contributed by atoms with van der Waals surface area (Å²) in [6.45, 7) is 2.45. The van der Waals surface area contributed by atoms with Crippen molar-refractivity contribution in [2.24, 2.45) is 0 Å². The van der Waals surface area contributed by atoms with Crippen molar-refractivity contribution in [2.75, 3.05) is 18.2 Å². The van der Waals surface area contributed by atoms with Crippen molar-refractivity contribution in [1.82, 2.24) is 9.97 Å². The highest BCUT2D eigenvalue weighted by Crippen LogP contribution is 2.17. The van der Waals surface area contributed by atoms with Crippen molar-refractivity contribution in [3.05, 3.63) is 33.9 Å². The molecule has 0 fully saturated rings. The number of carbonyl (C=O) groups is 1. The summed E-state index contributed by atoms with van der Waals surface area (Å²) in [4.78, 5) is 19.8. The Morgan fingerprint density at radius 2 is 2.26 bits per heavy atom. The van der Waals surface area contributed by atoms with E-state index in [2.05, 4.69) is 20.0 Å². The number of hydrogen-bond donors (Lipinski definition) is 2. The molecule has 0 unspecified atom stereocenters. The zero-order valence-electron chi connectivity index (χ0n) is 10.6. The summed E-state index contributed by atoms with van der Waals surface area (Å²) in [6, 6.07) is 3.15. The van der Waals surface area contributed by atoms with Crippen LogP contribution in [0, 0.1) is 6.92 Å². The van der Waals surface area contributed by atoms with Crippen LogP contribution in [-0.4, -0.2) is 23.0 Å². The number of carbonyl (C=O) groups excluding carboxylic acids is 1. The number of hydrogen-bond acceptors (Lipinski definition) is 7. The maximum atomic E-state index is 11.4. The summed E-state index contributed by atoms with van der Waals surface area (Å²) in [7, 11) is 1.31. The first-order chi connectivity index (χ1) is 9.10. The Bertz CT molecular complexity index is 597. The molecule has 3 N–H and O–H groups in total. The Labute approximate surface area is 114 Å². The number of esters is 1. The minimum Gasteiger partial charge on any atom is -0.464 e. The second-order valence-electron chi connectivity index (χ2n) is 3.84. The number of pyridine rings is 1. The second-order valence-corrected chi connectivity index (χ2v) is 4.90. The van der Waals surface area contributed by atoms with Crippen LogP contribution in [0.1, 0.15) is 21.2 Å². The molecule has 0 amide bonds. The summed E-state index contributed by atoms with van der Waals surface area (Å²) in [6.07, 6.45) is 0. The average Bonchev–Trinajstić information content (AvgIpc) is 2.82. The Morgan fingerprint density at radius 1 is 1.47 bits per heavy atom. The van der Waals surface area contributed by atoms with Gasteiger partial charge in [-0.3, -0.25) is 0 Å². The standard InChI is InChI=1S/C12H14N4O2S/c1-7-15-8(6-19-7)5-14-11-9(13)3-4-10(16-11)12(17)18-2/h3-4,6H,5,13H2,1-2H3,(H,14,16). The van der Waals surface area contributed by atoms with Gasteiger partial charge in [-0.2, -0.15) is 0 Å². The van der Waals surface area contributed by atoms with Gasteiger partial charge in [0, 0.05) is 5.38 Å². The van der Waals surface area contributed by atoms with Gasteiger partial charge in [0.2, 0.25) is 0 Å². The first-order valence-corrected chi connectivity index (χ1v) is 6.48. The van der Waals surface area contributed by atoms with E-state index in [0.29, 0.717) is 18.1 Å². The van der Waals surface area contributed by atoms with Gasteiger partial charge in [0.25, 0.3) is 0 Å². The topological polar surface area (TPSA) is 90.1 Å². The van der Waals surface area contributed by atoms with Crippen LogP contribution in [0.4, 0.5) is 11.5 Å². The number of nitrogen functional groups attached to an aromatic ring is 1. The number of nitrogens with one attached hydrogen (secondary N) is 1. The molecule has 0 aromatic carbocycles. The minimum absolute atomic E-state index is 0.216. The van der Waals surface area contributed by atoms with Gasteiger partial charge < -0.3 is 15.8 Å². The molecule has 0 spiro atoms. The lowest BCUT2D eigenvalue weighted by molar-refractivity contribution is 0.0594. The first-order valence-electron chi connectivity index (χ1n) is 5.60. The third-order valence-electron chi connectivity index (χ3n) is 2.42. The van der Waals surface area contributed by atoms with Crippen LogP contribution in [0.15, 0.2) is 17.5 Å². The van der Waals surface area contributed by atoms with Crippen molar-refractivity contribution in [3.63, 3.8) is 0 Å². The third kappa shape index (κ3) is 3.19. The van der Waals surface area contributed by atoms with Crippen LogP contribution < -0.4 is 11.1 Å². The van der Waals surface area contributed by atoms with Crippen molar-refractivity contribution >= 4 is 28.8 Å². The molecule has 0 atom stereocenters. The third-order valence-corrected chi connectivity index (χ3v) is 3.25. The number of nitrogens with two attached hydrogens (primary N) is 1. The van der Waals surface area contributed by atoms with E-state index < -0.39 is 5.97 Å². The highest BCUT2D eigenvalue weighted by molar-refractivity contribution is 7.09. The summed E-state index contributed by atoms with van der Waals surface area (Å²) < 4.78 is 4.62. The van der Waals surface area contributed by atoms with Crippen molar-refractivity contribution in [1.29, 1.82) is 0 Å². The van der Waals surface area contributed by atoms with Crippen LogP contribution in [0.3, 0.4) is 0 Å². The molecule has 2 aromatic heterocycles. The molecular weight excluding hydrogens is 264 g/mol. The van der Waals surface area contributed by atoms with E-state index in [1.165, 1.54) is 13.2 Å². The van der Waals surface area contributed by atoms with Crippen LogP contribution in [0.25, 0.3) is 0 Å². The van der Waals surface area contributed by atoms with Crippen LogP contribution >= 0.6 is 11.3 Å². The molecule has 0 saturated heterocycles. The highest BCUT2D eigenvalue weighted by atomic mass is 32.1. The van der Waals surface area contributed by atoms with E-state index in [4.69, 9.17) is 5.73 Å². The number of nitrogens with zero attached hydrogens (tertiary/aromatic N) is 2. The number of thiazole rings is 1. The van der Waals surface area contributed by atoms with Crippen molar-refractivity contribution in [2.45, 2.75) is 13.5 Å². The van der Waals surface area contributed by atoms with Crippen LogP contribution in [-0.2, 0) is 11.3 Å². The van der Waals surface area contributed by atoms with Gasteiger partial charge in [-0.1, -0.05) is 0 Å². The van der Waals surface area contributed by atoms with E-state index in [0.717, 1.165) is 10.7 Å². The molecule has 0 bridgehead atoms. The minimum atomic E-state index is -0.493. The normalized spacial score (nSPS) is 10.2. The Balaban J connectivity index is 2.12. The number of rotatable bonds is 4. The average molecular weight is 278 g/mol. The fourth-order valence-electron chi connectivity index (χ4n) is 1.49. The molecule has 2 aromatic rings. The van der Waals surface area contributed by atoms with E-state index in [-0.39, 0.29) is 5.69 Å². The fraction of sp³-hybridized carbons (Fsp3) is 0.250. The van der Waals surface area contributed by atoms with Crippen LogP contribution in [0.2, 0.25) is 0 Å². The van der Waals surface area contributed by atoms with Gasteiger partial charge in [-0.15, -0.1) is 11.3 Å². The maximum Gasteiger partial charge on any atom is 0.356 e. The molecule has 0 aliphatic rings. The summed E-state index contributed by atoms with van der Waals surface area (Å²) >= 11 is 1.58. The number of ether oxygens (including phenoxy) is 1. The Hall–Kier alpha value is -2.15. The molecule has 6 nitrogen and oxygen atoms in total. The van der Waals surface area contributed by atoms with Gasteiger partial charge in [-0.25, -0.2) is 14.8 Å². The van der Waals surface area contributed by atoms with Crippen LogP contribution in [0.5, 0.6) is 0 Å². The van der Waals surface area contributed by atoms with Crippen molar-refractivity contribution in [3.8, 4) is 0 Å². The molecule has 2 heterocycles. The molecule has 2 rings (SSSR count). The van der Waals surface area contributed by atoms with Gasteiger partial charge in [0.15, 0.2) is 11.5 Å². The predicted octanol–water partition coefficient (Wildman–Crippen LogP) is 1.83. The van der Waals surface area contributed by atoms with Gasteiger partial charge in [0.1, 0.15) is 0 Å². The Kier molecular flexibility index (Phi) is 3.96. The van der Waals surface area contributed by atoms with Gasteiger partial charge >= 0.3 is 5.97 Å². The molecular formula is C12H14N4O2S. The number of methoxy groups -OCH3 is 1. The molecule has 0 aliphatic heterocycles. The largest absolute Gasteiger partial charge is 0.464 e. The molecule has 0 radical (unpaired) electrons. The second kappa shape index (κ2) is 5.66. The van der Waals surface area contributed by atoms with E-state index in [1.54, 1.807) is 17.4 Å². The molecule has 0 aliphatic carbocycles. The molecule has 19 heavy (non-hydrogen) atoms. The van der Waals surface area contributed by atoms with Gasteiger partial charge in [0.05, 0.1) is 30.0 Å². The van der Waals surface area contributed by atoms with Crippen molar-refractivity contribution < 1.29 is 9.53 Å². The lowest BCUT2D eigenvalue weighted by Crippen LogP contribution is -2.10. The predicted molar refractivity (Wildman–Crippen MR) is 74.2 cm³/mol. The number of aromatic nitrogens is 2. The SMILES string of the molecule is COC(=O)c1ccc(N)c(NCc2csc(C)n2)n1.